The summed E-state index contributed by atoms with van der Waals surface area (Å²) in [5, 5.41) is 0. The lowest BCUT2D eigenvalue weighted by atomic mass is 10.0. The first-order chi connectivity index (χ1) is 9.17. The molecule has 0 radical (unpaired) electrons. The van der Waals surface area contributed by atoms with Crippen molar-refractivity contribution in [3.05, 3.63) is 56.7 Å². The third-order valence-corrected chi connectivity index (χ3v) is 4.05. The predicted molar refractivity (Wildman–Crippen MR) is 84.0 cm³/mol. The number of benzene rings is 2. The third kappa shape index (κ3) is 2.43. The van der Waals surface area contributed by atoms with Crippen LogP contribution >= 0.6 is 22.6 Å². The molecule has 0 spiro atoms. The molecular weight excluding hydrogens is 351 g/mol. The lowest BCUT2D eigenvalue weighted by molar-refractivity contribution is 0.228. The van der Waals surface area contributed by atoms with E-state index < -0.39 is 0 Å². The fraction of sp³-hybridized carbons (Fsp3) is 0.250. The number of hydrogen-bond donors (Lipinski definition) is 0. The molecule has 0 saturated carbocycles. The van der Waals surface area contributed by atoms with Gasteiger partial charge in [-0.05, 0) is 47.2 Å². The van der Waals surface area contributed by atoms with Crippen LogP contribution in [-0.4, -0.2) is 7.11 Å². The summed E-state index contributed by atoms with van der Waals surface area (Å²) in [5.74, 6) is 1.73. The molecular formula is C16H15IO2. The van der Waals surface area contributed by atoms with Crippen molar-refractivity contribution in [2.45, 2.75) is 19.4 Å². The van der Waals surface area contributed by atoms with Crippen molar-refractivity contribution in [3.8, 4) is 11.5 Å². The SMILES string of the molecule is COc1cc(I)cc2c1OC(c1ccc(C)cc1)C2. The second-order valence-electron chi connectivity index (χ2n) is 4.82. The van der Waals surface area contributed by atoms with Crippen molar-refractivity contribution in [2.24, 2.45) is 0 Å². The Hall–Kier alpha value is -1.23. The smallest absolute Gasteiger partial charge is 0.165 e. The van der Waals surface area contributed by atoms with E-state index in [1.54, 1.807) is 7.11 Å². The van der Waals surface area contributed by atoms with Gasteiger partial charge in [-0.1, -0.05) is 29.8 Å². The largest absolute Gasteiger partial charge is 0.493 e. The van der Waals surface area contributed by atoms with Gasteiger partial charge in [-0.25, -0.2) is 0 Å². The van der Waals surface area contributed by atoms with E-state index in [-0.39, 0.29) is 6.10 Å². The molecule has 3 heteroatoms. The zero-order valence-electron chi connectivity index (χ0n) is 10.9. The van der Waals surface area contributed by atoms with Crippen molar-refractivity contribution in [2.75, 3.05) is 7.11 Å². The first-order valence-corrected chi connectivity index (χ1v) is 7.35. The van der Waals surface area contributed by atoms with E-state index in [1.807, 2.05) is 6.07 Å². The van der Waals surface area contributed by atoms with Crippen molar-refractivity contribution in [3.63, 3.8) is 0 Å². The minimum absolute atomic E-state index is 0.0997. The molecule has 98 valence electrons. The van der Waals surface area contributed by atoms with Crippen molar-refractivity contribution in [1.82, 2.24) is 0 Å². The van der Waals surface area contributed by atoms with Gasteiger partial charge in [-0.15, -0.1) is 0 Å². The summed E-state index contributed by atoms with van der Waals surface area (Å²) < 4.78 is 12.7. The molecule has 2 aromatic rings. The molecule has 19 heavy (non-hydrogen) atoms. The Morgan fingerprint density at radius 1 is 1.21 bits per heavy atom. The molecule has 0 aliphatic carbocycles. The standard InChI is InChI=1S/C16H15IO2/c1-10-3-5-11(6-4-10)14-8-12-7-13(17)9-15(18-2)16(12)19-14/h3-7,9,14H,8H2,1-2H3. The van der Waals surface area contributed by atoms with E-state index in [1.165, 1.54) is 20.3 Å². The molecule has 1 aliphatic rings. The maximum Gasteiger partial charge on any atom is 0.165 e. The quantitative estimate of drug-likeness (QED) is 0.739. The normalized spacial score (nSPS) is 16.9. The third-order valence-electron chi connectivity index (χ3n) is 3.43. The number of hydrogen-bond acceptors (Lipinski definition) is 2. The van der Waals surface area contributed by atoms with Crippen LogP contribution in [-0.2, 0) is 6.42 Å². The van der Waals surface area contributed by atoms with Gasteiger partial charge >= 0.3 is 0 Å². The van der Waals surface area contributed by atoms with Crippen LogP contribution in [0.3, 0.4) is 0 Å². The summed E-state index contributed by atoms with van der Waals surface area (Å²) in [5.41, 5.74) is 3.72. The zero-order valence-corrected chi connectivity index (χ0v) is 13.1. The average Bonchev–Trinajstić information content (AvgIpc) is 2.82. The summed E-state index contributed by atoms with van der Waals surface area (Å²) in [7, 11) is 1.69. The molecule has 0 amide bonds. The second kappa shape index (κ2) is 5.04. The van der Waals surface area contributed by atoms with E-state index >= 15 is 0 Å². The van der Waals surface area contributed by atoms with Gasteiger partial charge in [0.05, 0.1) is 7.11 Å². The lowest BCUT2D eigenvalue weighted by Crippen LogP contribution is -2.03. The van der Waals surface area contributed by atoms with E-state index in [2.05, 4.69) is 59.8 Å². The first-order valence-electron chi connectivity index (χ1n) is 6.27. The summed E-state index contributed by atoms with van der Waals surface area (Å²) in [6.45, 7) is 2.10. The van der Waals surface area contributed by atoms with Crippen LogP contribution in [0.2, 0.25) is 0 Å². The topological polar surface area (TPSA) is 18.5 Å². The van der Waals surface area contributed by atoms with Crippen LogP contribution in [0.4, 0.5) is 0 Å². The summed E-state index contributed by atoms with van der Waals surface area (Å²) in [6, 6.07) is 12.7. The Balaban J connectivity index is 1.93. The number of methoxy groups -OCH3 is 1. The van der Waals surface area contributed by atoms with E-state index in [0.29, 0.717) is 0 Å². The van der Waals surface area contributed by atoms with Gasteiger partial charge in [-0.3, -0.25) is 0 Å². The predicted octanol–water partition coefficient (Wildman–Crippen LogP) is 4.28. The molecule has 0 fully saturated rings. The minimum Gasteiger partial charge on any atom is -0.493 e. The van der Waals surface area contributed by atoms with Gasteiger partial charge in [0.25, 0.3) is 0 Å². The first kappa shape index (κ1) is 12.8. The van der Waals surface area contributed by atoms with Crippen molar-refractivity contribution < 1.29 is 9.47 Å². The highest BCUT2D eigenvalue weighted by molar-refractivity contribution is 14.1. The molecule has 1 heterocycles. The maximum atomic E-state index is 6.08. The van der Waals surface area contributed by atoms with E-state index in [9.17, 15) is 0 Å². The van der Waals surface area contributed by atoms with Gasteiger partial charge in [0.15, 0.2) is 11.5 Å². The van der Waals surface area contributed by atoms with Crippen LogP contribution in [0.25, 0.3) is 0 Å². The fourth-order valence-corrected chi connectivity index (χ4v) is 3.07. The highest BCUT2D eigenvalue weighted by Crippen LogP contribution is 2.43. The van der Waals surface area contributed by atoms with Gasteiger partial charge < -0.3 is 9.47 Å². The monoisotopic (exact) mass is 366 g/mol. The van der Waals surface area contributed by atoms with Gasteiger partial charge in [0, 0.05) is 15.6 Å². The number of halogens is 1. The molecule has 2 nitrogen and oxygen atoms in total. The molecule has 0 N–H and O–H groups in total. The van der Waals surface area contributed by atoms with Gasteiger partial charge in [0.1, 0.15) is 6.10 Å². The number of aryl methyl sites for hydroxylation is 1. The van der Waals surface area contributed by atoms with Crippen LogP contribution in [0.1, 0.15) is 22.8 Å². The van der Waals surface area contributed by atoms with Crippen LogP contribution in [0, 0.1) is 10.5 Å². The molecule has 0 aromatic heterocycles. The van der Waals surface area contributed by atoms with Crippen LogP contribution in [0.5, 0.6) is 11.5 Å². The van der Waals surface area contributed by atoms with Crippen molar-refractivity contribution in [1.29, 1.82) is 0 Å². The molecule has 1 unspecified atom stereocenters. The Labute approximate surface area is 126 Å². The van der Waals surface area contributed by atoms with Gasteiger partial charge in [-0.2, -0.15) is 0 Å². The number of ether oxygens (including phenoxy) is 2. The highest BCUT2D eigenvalue weighted by atomic mass is 127. The highest BCUT2D eigenvalue weighted by Gasteiger charge is 2.27. The molecule has 1 atom stereocenters. The second-order valence-corrected chi connectivity index (χ2v) is 6.06. The average molecular weight is 366 g/mol. The van der Waals surface area contributed by atoms with E-state index in [0.717, 1.165) is 17.9 Å². The Morgan fingerprint density at radius 3 is 2.63 bits per heavy atom. The molecule has 2 aromatic carbocycles. The van der Waals surface area contributed by atoms with Crippen LogP contribution in [0.15, 0.2) is 36.4 Å². The zero-order chi connectivity index (χ0) is 13.4. The summed E-state index contributed by atoms with van der Waals surface area (Å²) >= 11 is 2.31. The maximum absolute atomic E-state index is 6.08. The van der Waals surface area contributed by atoms with Crippen LogP contribution < -0.4 is 9.47 Å². The molecule has 3 rings (SSSR count). The Bertz CT molecular complexity index is 605. The number of rotatable bonds is 2. The molecule has 0 bridgehead atoms. The number of fused-ring (bicyclic) bond motifs is 1. The summed E-state index contributed by atoms with van der Waals surface area (Å²) in [4.78, 5) is 0. The van der Waals surface area contributed by atoms with E-state index in [4.69, 9.17) is 9.47 Å². The Morgan fingerprint density at radius 2 is 1.95 bits per heavy atom. The summed E-state index contributed by atoms with van der Waals surface area (Å²) in [6.07, 6.45) is 1.01. The fourth-order valence-electron chi connectivity index (χ4n) is 2.41. The van der Waals surface area contributed by atoms with Gasteiger partial charge in [0.2, 0.25) is 0 Å². The minimum atomic E-state index is 0.0997. The molecule has 0 saturated heterocycles. The Kier molecular flexibility index (Phi) is 3.39. The van der Waals surface area contributed by atoms with Crippen molar-refractivity contribution >= 4 is 22.6 Å². The molecule has 1 aliphatic heterocycles. The lowest BCUT2D eigenvalue weighted by Gasteiger charge is -2.12.